The SMILES string of the molecule is CN=C(NCCOc1ccc(F)c(F)c1)N1CCN(CC(=O)NC(C)C)CC1.I. The van der Waals surface area contributed by atoms with Gasteiger partial charge in [0.1, 0.15) is 12.4 Å². The summed E-state index contributed by atoms with van der Waals surface area (Å²) in [6, 6.07) is 3.60. The molecule has 164 valence electrons. The molecular formula is C19H30F2IN5O2. The van der Waals surface area contributed by atoms with Crippen molar-refractivity contribution < 1.29 is 18.3 Å². The number of nitrogens with one attached hydrogen (secondary N) is 2. The Bertz CT molecular complexity index is 683. The molecule has 0 bridgehead atoms. The van der Waals surface area contributed by atoms with Crippen LogP contribution in [0.4, 0.5) is 8.78 Å². The summed E-state index contributed by atoms with van der Waals surface area (Å²) in [7, 11) is 1.71. The molecule has 1 aromatic rings. The van der Waals surface area contributed by atoms with Crippen LogP contribution >= 0.6 is 24.0 Å². The molecule has 0 saturated carbocycles. The molecule has 1 aliphatic rings. The Hall–Kier alpha value is -1.69. The number of aliphatic imine (C=N–C) groups is 1. The molecule has 1 fully saturated rings. The van der Waals surface area contributed by atoms with Crippen LogP contribution in [0.25, 0.3) is 0 Å². The summed E-state index contributed by atoms with van der Waals surface area (Å²) < 4.78 is 31.5. The molecule has 2 N–H and O–H groups in total. The molecule has 0 atom stereocenters. The third kappa shape index (κ3) is 8.69. The lowest BCUT2D eigenvalue weighted by atomic mass is 10.3. The zero-order valence-electron chi connectivity index (χ0n) is 17.1. The molecule has 0 spiro atoms. The zero-order valence-corrected chi connectivity index (χ0v) is 19.4. The van der Waals surface area contributed by atoms with E-state index in [0.29, 0.717) is 19.7 Å². The third-order valence-electron chi connectivity index (χ3n) is 4.25. The Morgan fingerprint density at radius 2 is 1.90 bits per heavy atom. The predicted molar refractivity (Wildman–Crippen MR) is 120 cm³/mol. The molecule has 1 aromatic carbocycles. The summed E-state index contributed by atoms with van der Waals surface area (Å²) in [6.07, 6.45) is 0. The van der Waals surface area contributed by atoms with Gasteiger partial charge in [0.25, 0.3) is 0 Å². The highest BCUT2D eigenvalue weighted by atomic mass is 127. The molecule has 29 heavy (non-hydrogen) atoms. The number of halogens is 3. The van der Waals surface area contributed by atoms with Crippen molar-refractivity contribution in [3.63, 3.8) is 0 Å². The maximum Gasteiger partial charge on any atom is 0.234 e. The monoisotopic (exact) mass is 525 g/mol. The first-order valence-corrected chi connectivity index (χ1v) is 9.44. The largest absolute Gasteiger partial charge is 0.492 e. The smallest absolute Gasteiger partial charge is 0.234 e. The fraction of sp³-hybridized carbons (Fsp3) is 0.579. The van der Waals surface area contributed by atoms with Gasteiger partial charge in [-0.05, 0) is 26.0 Å². The fourth-order valence-corrected chi connectivity index (χ4v) is 2.92. The van der Waals surface area contributed by atoms with Gasteiger partial charge in [-0.2, -0.15) is 0 Å². The number of carbonyl (C=O) groups excluding carboxylic acids is 1. The van der Waals surface area contributed by atoms with Crippen molar-refractivity contribution in [2.45, 2.75) is 19.9 Å². The lowest BCUT2D eigenvalue weighted by Gasteiger charge is -2.36. The Balaban J connectivity index is 0.00000420. The van der Waals surface area contributed by atoms with Gasteiger partial charge in [-0.3, -0.25) is 14.7 Å². The second-order valence-corrected chi connectivity index (χ2v) is 6.88. The van der Waals surface area contributed by atoms with Crippen LogP contribution in [0.5, 0.6) is 5.75 Å². The van der Waals surface area contributed by atoms with Gasteiger partial charge < -0.3 is 20.3 Å². The van der Waals surface area contributed by atoms with Gasteiger partial charge in [0.15, 0.2) is 17.6 Å². The fourth-order valence-electron chi connectivity index (χ4n) is 2.92. The maximum absolute atomic E-state index is 13.2. The standard InChI is InChI=1S/C19H29F2N5O2.HI/c1-14(2)24-18(27)13-25-7-9-26(10-8-25)19(22-3)23-6-11-28-15-4-5-16(20)17(21)12-15;/h4-5,12,14H,6-11,13H2,1-3H3,(H,22,23)(H,24,27);1H. The van der Waals surface area contributed by atoms with E-state index in [1.807, 2.05) is 13.8 Å². The quantitative estimate of drug-likeness (QED) is 0.246. The van der Waals surface area contributed by atoms with Gasteiger partial charge in [-0.15, -0.1) is 24.0 Å². The van der Waals surface area contributed by atoms with E-state index in [1.165, 1.54) is 6.07 Å². The summed E-state index contributed by atoms with van der Waals surface area (Å²) in [5, 5.41) is 6.10. The van der Waals surface area contributed by atoms with E-state index in [0.717, 1.165) is 44.3 Å². The minimum absolute atomic E-state index is 0. The van der Waals surface area contributed by atoms with Gasteiger partial charge in [0.2, 0.25) is 5.91 Å². The Morgan fingerprint density at radius 3 is 2.48 bits per heavy atom. The van der Waals surface area contributed by atoms with Crippen molar-refractivity contribution >= 4 is 35.8 Å². The van der Waals surface area contributed by atoms with Gasteiger partial charge in [0, 0.05) is 45.3 Å². The van der Waals surface area contributed by atoms with Crippen LogP contribution in [-0.2, 0) is 4.79 Å². The number of benzene rings is 1. The molecule has 0 radical (unpaired) electrons. The number of guanidine groups is 1. The highest BCUT2D eigenvalue weighted by molar-refractivity contribution is 14.0. The number of hydrogen-bond donors (Lipinski definition) is 2. The third-order valence-corrected chi connectivity index (χ3v) is 4.25. The Kier molecular flexibility index (Phi) is 11.2. The number of nitrogens with zero attached hydrogens (tertiary/aromatic N) is 3. The number of amides is 1. The van der Waals surface area contributed by atoms with Crippen LogP contribution in [-0.4, -0.2) is 80.6 Å². The summed E-state index contributed by atoms with van der Waals surface area (Å²) in [5.41, 5.74) is 0. The lowest BCUT2D eigenvalue weighted by Crippen LogP contribution is -2.54. The number of carbonyl (C=O) groups is 1. The van der Waals surface area contributed by atoms with Crippen molar-refractivity contribution in [2.24, 2.45) is 4.99 Å². The van der Waals surface area contributed by atoms with Crippen molar-refractivity contribution in [1.82, 2.24) is 20.4 Å². The lowest BCUT2D eigenvalue weighted by molar-refractivity contribution is -0.123. The predicted octanol–water partition coefficient (Wildman–Crippen LogP) is 1.68. The summed E-state index contributed by atoms with van der Waals surface area (Å²) in [4.78, 5) is 20.4. The topological polar surface area (TPSA) is 69.2 Å². The molecule has 1 aliphatic heterocycles. The highest BCUT2D eigenvalue weighted by Crippen LogP contribution is 2.15. The zero-order chi connectivity index (χ0) is 20.5. The first-order chi connectivity index (χ1) is 13.4. The van der Waals surface area contributed by atoms with E-state index < -0.39 is 11.6 Å². The van der Waals surface area contributed by atoms with E-state index in [1.54, 1.807) is 7.05 Å². The normalized spacial score (nSPS) is 15.1. The van der Waals surface area contributed by atoms with Crippen molar-refractivity contribution in [3.05, 3.63) is 29.8 Å². The average Bonchev–Trinajstić information content (AvgIpc) is 2.65. The molecule has 1 saturated heterocycles. The molecule has 1 amide bonds. The molecule has 0 aromatic heterocycles. The molecule has 7 nitrogen and oxygen atoms in total. The first kappa shape index (κ1) is 25.3. The van der Waals surface area contributed by atoms with Crippen LogP contribution in [0.2, 0.25) is 0 Å². The van der Waals surface area contributed by atoms with E-state index >= 15 is 0 Å². The second-order valence-electron chi connectivity index (χ2n) is 6.88. The number of ether oxygens (including phenoxy) is 1. The molecule has 0 aliphatic carbocycles. The van der Waals surface area contributed by atoms with Crippen LogP contribution in [0.15, 0.2) is 23.2 Å². The summed E-state index contributed by atoms with van der Waals surface area (Å²) >= 11 is 0. The van der Waals surface area contributed by atoms with Crippen molar-refractivity contribution in [3.8, 4) is 5.75 Å². The maximum atomic E-state index is 13.2. The minimum Gasteiger partial charge on any atom is -0.492 e. The summed E-state index contributed by atoms with van der Waals surface area (Å²) in [6.45, 7) is 8.14. The average molecular weight is 525 g/mol. The van der Waals surface area contributed by atoms with E-state index in [9.17, 15) is 13.6 Å². The number of hydrogen-bond acceptors (Lipinski definition) is 4. The molecule has 2 rings (SSSR count). The summed E-state index contributed by atoms with van der Waals surface area (Å²) in [5.74, 6) is -0.752. The highest BCUT2D eigenvalue weighted by Gasteiger charge is 2.21. The van der Waals surface area contributed by atoms with Crippen molar-refractivity contribution in [2.75, 3.05) is 52.9 Å². The van der Waals surface area contributed by atoms with Crippen LogP contribution in [0.3, 0.4) is 0 Å². The van der Waals surface area contributed by atoms with E-state index in [4.69, 9.17) is 4.74 Å². The Labute approximate surface area is 187 Å². The number of piperazine rings is 1. The minimum atomic E-state index is -0.929. The van der Waals surface area contributed by atoms with Gasteiger partial charge in [-0.1, -0.05) is 0 Å². The van der Waals surface area contributed by atoms with Gasteiger partial charge in [-0.25, -0.2) is 8.78 Å². The molecular weight excluding hydrogens is 495 g/mol. The number of rotatable bonds is 7. The molecule has 10 heteroatoms. The first-order valence-electron chi connectivity index (χ1n) is 9.44. The van der Waals surface area contributed by atoms with Crippen molar-refractivity contribution in [1.29, 1.82) is 0 Å². The van der Waals surface area contributed by atoms with Crippen LogP contribution < -0.4 is 15.4 Å². The van der Waals surface area contributed by atoms with Crippen LogP contribution in [0, 0.1) is 11.6 Å². The second kappa shape index (κ2) is 12.8. The van der Waals surface area contributed by atoms with E-state index in [-0.39, 0.29) is 41.7 Å². The van der Waals surface area contributed by atoms with Gasteiger partial charge >= 0.3 is 0 Å². The Morgan fingerprint density at radius 1 is 1.21 bits per heavy atom. The van der Waals surface area contributed by atoms with Crippen LogP contribution in [0.1, 0.15) is 13.8 Å². The van der Waals surface area contributed by atoms with E-state index in [2.05, 4.69) is 25.4 Å². The molecule has 0 unspecified atom stereocenters. The van der Waals surface area contributed by atoms with Gasteiger partial charge in [0.05, 0.1) is 13.1 Å². The molecule has 1 heterocycles.